The average Bonchev–Trinajstić information content (AvgIpc) is 3.13. The van der Waals surface area contributed by atoms with Gasteiger partial charge < -0.3 is 19.3 Å². The minimum absolute atomic E-state index is 0.0295. The number of nitrogens with zero attached hydrogens (tertiary/aromatic N) is 1. The SMILES string of the molecule is COc1ccc(NC(=O)c2cnoc2-c2ccc(F)c(F)c2)cc1OC. The Morgan fingerprint density at radius 2 is 1.81 bits per heavy atom. The summed E-state index contributed by atoms with van der Waals surface area (Å²) in [5.41, 5.74) is 0.717. The highest BCUT2D eigenvalue weighted by Crippen LogP contribution is 2.31. The number of carbonyl (C=O) groups is 1. The molecule has 134 valence electrons. The predicted molar refractivity (Wildman–Crippen MR) is 89.4 cm³/mol. The van der Waals surface area contributed by atoms with E-state index in [1.165, 1.54) is 26.5 Å². The Bertz CT molecular complexity index is 956. The molecule has 0 aliphatic carbocycles. The fourth-order valence-electron chi connectivity index (χ4n) is 2.36. The fraction of sp³-hybridized carbons (Fsp3) is 0.111. The quantitative estimate of drug-likeness (QED) is 0.747. The van der Waals surface area contributed by atoms with Crippen LogP contribution in [0.5, 0.6) is 11.5 Å². The number of carbonyl (C=O) groups excluding carboxylic acids is 1. The standard InChI is InChI=1S/C18H14F2N2O4/c1-24-15-6-4-11(8-16(15)25-2)22-18(23)12-9-21-26-17(12)10-3-5-13(19)14(20)7-10/h3-9H,1-2H3,(H,22,23). The predicted octanol–water partition coefficient (Wildman–Crippen LogP) is 3.89. The molecule has 6 nitrogen and oxygen atoms in total. The smallest absolute Gasteiger partial charge is 0.261 e. The zero-order valence-corrected chi connectivity index (χ0v) is 13.9. The summed E-state index contributed by atoms with van der Waals surface area (Å²) in [7, 11) is 2.98. The molecule has 0 atom stereocenters. The lowest BCUT2D eigenvalue weighted by Gasteiger charge is -2.10. The molecule has 3 aromatic rings. The van der Waals surface area contributed by atoms with Crippen LogP contribution in [0.25, 0.3) is 11.3 Å². The summed E-state index contributed by atoms with van der Waals surface area (Å²) in [6.45, 7) is 0. The van der Waals surface area contributed by atoms with Gasteiger partial charge in [-0.05, 0) is 30.3 Å². The molecule has 0 radical (unpaired) electrons. The molecule has 3 rings (SSSR count). The first-order chi connectivity index (χ1) is 12.5. The zero-order valence-electron chi connectivity index (χ0n) is 13.9. The number of nitrogens with one attached hydrogen (secondary N) is 1. The van der Waals surface area contributed by atoms with E-state index in [9.17, 15) is 13.6 Å². The van der Waals surface area contributed by atoms with E-state index < -0.39 is 17.5 Å². The van der Waals surface area contributed by atoms with Crippen molar-refractivity contribution >= 4 is 11.6 Å². The van der Waals surface area contributed by atoms with Crippen LogP contribution in [-0.4, -0.2) is 25.3 Å². The molecule has 0 spiro atoms. The average molecular weight is 360 g/mol. The number of halogens is 2. The van der Waals surface area contributed by atoms with Crippen molar-refractivity contribution in [1.82, 2.24) is 5.16 Å². The maximum atomic E-state index is 13.4. The Hall–Kier alpha value is -3.42. The minimum atomic E-state index is -1.05. The molecule has 0 fully saturated rings. The number of hydrogen-bond donors (Lipinski definition) is 1. The van der Waals surface area contributed by atoms with E-state index in [1.54, 1.807) is 18.2 Å². The third-order valence-electron chi connectivity index (χ3n) is 3.64. The molecule has 2 aromatic carbocycles. The molecule has 0 unspecified atom stereocenters. The minimum Gasteiger partial charge on any atom is -0.493 e. The van der Waals surface area contributed by atoms with E-state index >= 15 is 0 Å². The number of rotatable bonds is 5. The van der Waals surface area contributed by atoms with Gasteiger partial charge in [0.1, 0.15) is 5.56 Å². The van der Waals surface area contributed by atoms with Gasteiger partial charge in [0.05, 0.1) is 20.4 Å². The molecule has 1 aromatic heterocycles. The van der Waals surface area contributed by atoms with Gasteiger partial charge in [0.15, 0.2) is 28.9 Å². The largest absolute Gasteiger partial charge is 0.493 e. The Morgan fingerprint density at radius 1 is 1.04 bits per heavy atom. The number of aromatic nitrogens is 1. The summed E-state index contributed by atoms with van der Waals surface area (Å²) in [6.07, 6.45) is 1.20. The van der Waals surface area contributed by atoms with Crippen molar-refractivity contribution in [3.8, 4) is 22.8 Å². The first-order valence-electron chi connectivity index (χ1n) is 7.47. The van der Waals surface area contributed by atoms with Crippen molar-refractivity contribution in [3.05, 3.63) is 59.8 Å². The first-order valence-corrected chi connectivity index (χ1v) is 7.47. The van der Waals surface area contributed by atoms with Crippen molar-refractivity contribution in [2.24, 2.45) is 0 Å². The van der Waals surface area contributed by atoms with Crippen molar-refractivity contribution < 1.29 is 27.6 Å². The summed E-state index contributed by atoms with van der Waals surface area (Å²) in [5.74, 6) is -1.59. The molecule has 0 bridgehead atoms. The van der Waals surface area contributed by atoms with Crippen LogP contribution in [-0.2, 0) is 0 Å². The van der Waals surface area contributed by atoms with Crippen LogP contribution in [0, 0.1) is 11.6 Å². The molecule has 0 saturated carbocycles. The third-order valence-corrected chi connectivity index (χ3v) is 3.64. The van der Waals surface area contributed by atoms with Gasteiger partial charge in [0.25, 0.3) is 5.91 Å². The van der Waals surface area contributed by atoms with Crippen molar-refractivity contribution in [2.45, 2.75) is 0 Å². The Morgan fingerprint density at radius 3 is 2.50 bits per heavy atom. The maximum absolute atomic E-state index is 13.4. The normalized spacial score (nSPS) is 10.5. The highest BCUT2D eigenvalue weighted by molar-refractivity contribution is 6.07. The van der Waals surface area contributed by atoms with Crippen molar-refractivity contribution in [1.29, 1.82) is 0 Å². The van der Waals surface area contributed by atoms with Crippen LogP contribution in [0.4, 0.5) is 14.5 Å². The lowest BCUT2D eigenvalue weighted by Crippen LogP contribution is -2.12. The monoisotopic (exact) mass is 360 g/mol. The van der Waals surface area contributed by atoms with Crippen LogP contribution in [0.3, 0.4) is 0 Å². The van der Waals surface area contributed by atoms with E-state index in [4.69, 9.17) is 14.0 Å². The summed E-state index contributed by atoms with van der Waals surface area (Å²) in [4.78, 5) is 12.5. The molecular weight excluding hydrogens is 346 g/mol. The molecule has 1 N–H and O–H groups in total. The lowest BCUT2D eigenvalue weighted by atomic mass is 10.1. The first kappa shape index (κ1) is 17.4. The summed E-state index contributed by atoms with van der Waals surface area (Å²) in [6, 6.07) is 8.03. The highest BCUT2D eigenvalue weighted by atomic mass is 19.2. The van der Waals surface area contributed by atoms with Gasteiger partial charge in [0, 0.05) is 17.3 Å². The maximum Gasteiger partial charge on any atom is 0.261 e. The second-order valence-corrected chi connectivity index (χ2v) is 5.22. The molecule has 26 heavy (non-hydrogen) atoms. The molecule has 0 aliphatic heterocycles. The van der Waals surface area contributed by atoms with Crippen molar-refractivity contribution in [3.63, 3.8) is 0 Å². The van der Waals surface area contributed by atoms with E-state index in [0.29, 0.717) is 17.2 Å². The van der Waals surface area contributed by atoms with Gasteiger partial charge >= 0.3 is 0 Å². The van der Waals surface area contributed by atoms with E-state index in [2.05, 4.69) is 10.5 Å². The molecule has 0 saturated heterocycles. The summed E-state index contributed by atoms with van der Waals surface area (Å²) < 4.78 is 41.9. The number of methoxy groups -OCH3 is 2. The Labute approximate surface area is 147 Å². The van der Waals surface area contributed by atoms with Gasteiger partial charge in [0.2, 0.25) is 0 Å². The molecule has 1 heterocycles. The second-order valence-electron chi connectivity index (χ2n) is 5.22. The van der Waals surface area contributed by atoms with E-state index in [1.807, 2.05) is 0 Å². The van der Waals surface area contributed by atoms with Gasteiger partial charge in [-0.2, -0.15) is 0 Å². The molecule has 0 aliphatic rings. The third kappa shape index (κ3) is 3.34. The van der Waals surface area contributed by atoms with Gasteiger partial charge in [-0.15, -0.1) is 0 Å². The molecule has 8 heteroatoms. The number of amides is 1. The zero-order chi connectivity index (χ0) is 18.7. The van der Waals surface area contributed by atoms with E-state index in [0.717, 1.165) is 12.1 Å². The summed E-state index contributed by atoms with van der Waals surface area (Å²) >= 11 is 0. The van der Waals surface area contributed by atoms with Crippen LogP contribution < -0.4 is 14.8 Å². The lowest BCUT2D eigenvalue weighted by molar-refractivity contribution is 0.102. The van der Waals surface area contributed by atoms with Crippen LogP contribution in [0.2, 0.25) is 0 Å². The second kappa shape index (κ2) is 7.22. The number of hydrogen-bond acceptors (Lipinski definition) is 5. The molecule has 1 amide bonds. The summed E-state index contributed by atoms with van der Waals surface area (Å²) in [5, 5.41) is 6.24. The highest BCUT2D eigenvalue weighted by Gasteiger charge is 2.19. The number of ether oxygens (including phenoxy) is 2. The van der Waals surface area contributed by atoms with Gasteiger partial charge in [-0.1, -0.05) is 5.16 Å². The van der Waals surface area contributed by atoms with Crippen molar-refractivity contribution in [2.75, 3.05) is 19.5 Å². The number of benzene rings is 2. The number of anilines is 1. The fourth-order valence-corrected chi connectivity index (χ4v) is 2.36. The Balaban J connectivity index is 1.88. The molecular formula is C18H14F2N2O4. The van der Waals surface area contributed by atoms with Crippen LogP contribution in [0.15, 0.2) is 47.1 Å². The topological polar surface area (TPSA) is 73.6 Å². The van der Waals surface area contributed by atoms with Crippen LogP contribution in [0.1, 0.15) is 10.4 Å². The Kier molecular flexibility index (Phi) is 4.83. The van der Waals surface area contributed by atoms with Gasteiger partial charge in [-0.25, -0.2) is 8.78 Å². The van der Waals surface area contributed by atoms with E-state index in [-0.39, 0.29) is 16.9 Å². The van der Waals surface area contributed by atoms with Gasteiger partial charge in [-0.3, -0.25) is 4.79 Å². The van der Waals surface area contributed by atoms with Crippen LogP contribution >= 0.6 is 0 Å².